The summed E-state index contributed by atoms with van der Waals surface area (Å²) >= 11 is 6.55. The van der Waals surface area contributed by atoms with Gasteiger partial charge in [0.05, 0.1) is 8.95 Å². The van der Waals surface area contributed by atoms with Crippen LogP contribution in [0.2, 0.25) is 0 Å². The highest BCUT2D eigenvalue weighted by Crippen LogP contribution is 2.34. The summed E-state index contributed by atoms with van der Waals surface area (Å²) in [6.07, 6.45) is 0. The minimum atomic E-state index is -0.819. The molecule has 0 bridgehead atoms. The normalized spacial score (nSPS) is 10.0. The van der Waals surface area contributed by atoms with Crippen molar-refractivity contribution in [3.63, 3.8) is 0 Å². The molecule has 1 rings (SSSR count). The molecule has 0 heterocycles. The first kappa shape index (κ1) is 9.99. The molecule has 0 spiro atoms. The first-order chi connectivity index (χ1) is 5.65. The average molecular weight is 298 g/mol. The highest BCUT2D eigenvalue weighted by molar-refractivity contribution is 9.11. The van der Waals surface area contributed by atoms with Crippen LogP contribution in [0.25, 0.3) is 0 Å². The second-order valence-corrected chi connectivity index (χ2v) is 4.02. The fourth-order valence-corrected chi connectivity index (χ4v) is 2.52. The lowest BCUT2D eigenvalue weighted by Crippen LogP contribution is -1.92. The lowest BCUT2D eigenvalue weighted by atomic mass is 10.2. The Morgan fingerprint density at radius 3 is 2.25 bits per heavy atom. The summed E-state index contributed by atoms with van der Waals surface area (Å²) in [7, 11) is 0. The van der Waals surface area contributed by atoms with Gasteiger partial charge in [0.2, 0.25) is 6.86 Å². The predicted octanol–water partition coefficient (Wildman–Crippen LogP) is 3.83. The molecular formula is C8H7Br2FO. The molecule has 0 aliphatic rings. The lowest BCUT2D eigenvalue weighted by molar-refractivity contribution is 0.189. The fraction of sp³-hybridized carbons (Fsp3) is 0.250. The Hall–Kier alpha value is -0.0900. The molecule has 1 aromatic rings. The van der Waals surface area contributed by atoms with Gasteiger partial charge in [0.1, 0.15) is 0 Å². The van der Waals surface area contributed by atoms with Crippen LogP contribution in [0.1, 0.15) is 5.56 Å². The van der Waals surface area contributed by atoms with Gasteiger partial charge < -0.3 is 4.74 Å². The molecular weight excluding hydrogens is 291 g/mol. The molecule has 0 saturated carbocycles. The number of hydrogen-bond acceptors (Lipinski definition) is 1. The Morgan fingerprint density at radius 2 is 1.83 bits per heavy atom. The molecule has 0 N–H and O–H groups in total. The molecule has 66 valence electrons. The van der Waals surface area contributed by atoms with Crippen molar-refractivity contribution in [2.45, 2.75) is 6.92 Å². The number of rotatable bonds is 2. The van der Waals surface area contributed by atoms with E-state index in [2.05, 4.69) is 31.9 Å². The largest absolute Gasteiger partial charge is 0.461 e. The van der Waals surface area contributed by atoms with Gasteiger partial charge in [-0.05, 0) is 56.5 Å². The SMILES string of the molecule is Cc1cc(Br)c(OCF)c(Br)c1. The second kappa shape index (κ2) is 4.23. The van der Waals surface area contributed by atoms with Crippen LogP contribution in [0.5, 0.6) is 5.75 Å². The minimum absolute atomic E-state index is 0.503. The van der Waals surface area contributed by atoms with Gasteiger partial charge in [-0.2, -0.15) is 0 Å². The van der Waals surface area contributed by atoms with E-state index in [0.29, 0.717) is 5.75 Å². The lowest BCUT2D eigenvalue weighted by Gasteiger charge is -2.07. The van der Waals surface area contributed by atoms with E-state index in [1.807, 2.05) is 19.1 Å². The number of halogens is 3. The molecule has 0 radical (unpaired) electrons. The van der Waals surface area contributed by atoms with Crippen molar-refractivity contribution >= 4 is 31.9 Å². The minimum Gasteiger partial charge on any atom is -0.461 e. The third-order valence-corrected chi connectivity index (χ3v) is 2.52. The molecule has 4 heteroatoms. The number of alkyl halides is 1. The van der Waals surface area contributed by atoms with Crippen LogP contribution >= 0.6 is 31.9 Å². The second-order valence-electron chi connectivity index (χ2n) is 2.31. The Labute approximate surface area is 87.2 Å². The average Bonchev–Trinajstić information content (AvgIpc) is 1.96. The molecule has 0 amide bonds. The van der Waals surface area contributed by atoms with Gasteiger partial charge in [-0.25, -0.2) is 4.39 Å². The Kier molecular flexibility index (Phi) is 3.53. The number of hydrogen-bond donors (Lipinski definition) is 0. The van der Waals surface area contributed by atoms with Gasteiger partial charge in [0, 0.05) is 0 Å². The van der Waals surface area contributed by atoms with E-state index >= 15 is 0 Å². The van der Waals surface area contributed by atoms with Gasteiger partial charge in [0.25, 0.3) is 0 Å². The van der Waals surface area contributed by atoms with Crippen LogP contribution in [0.15, 0.2) is 21.1 Å². The van der Waals surface area contributed by atoms with E-state index in [1.165, 1.54) is 0 Å². The summed E-state index contributed by atoms with van der Waals surface area (Å²) in [4.78, 5) is 0. The van der Waals surface area contributed by atoms with E-state index in [1.54, 1.807) is 0 Å². The van der Waals surface area contributed by atoms with Crippen molar-refractivity contribution in [1.82, 2.24) is 0 Å². The third-order valence-electron chi connectivity index (χ3n) is 1.34. The molecule has 0 fully saturated rings. The smallest absolute Gasteiger partial charge is 0.228 e. The molecule has 12 heavy (non-hydrogen) atoms. The van der Waals surface area contributed by atoms with Crippen molar-refractivity contribution in [2.24, 2.45) is 0 Å². The van der Waals surface area contributed by atoms with Crippen LogP contribution < -0.4 is 4.74 Å². The highest BCUT2D eigenvalue weighted by Gasteiger charge is 2.06. The van der Waals surface area contributed by atoms with Crippen molar-refractivity contribution < 1.29 is 9.13 Å². The molecule has 1 aromatic carbocycles. The summed E-state index contributed by atoms with van der Waals surface area (Å²) in [5.74, 6) is 0.503. The first-order valence-electron chi connectivity index (χ1n) is 3.29. The van der Waals surface area contributed by atoms with Gasteiger partial charge >= 0.3 is 0 Å². The van der Waals surface area contributed by atoms with Crippen LogP contribution in [0.4, 0.5) is 4.39 Å². The van der Waals surface area contributed by atoms with Crippen molar-refractivity contribution in [2.75, 3.05) is 6.86 Å². The standard InChI is InChI=1S/C8H7Br2FO/c1-5-2-6(9)8(12-4-11)7(10)3-5/h2-3H,4H2,1H3. The van der Waals surface area contributed by atoms with Crippen LogP contribution in [-0.2, 0) is 0 Å². The van der Waals surface area contributed by atoms with Crippen LogP contribution in [0, 0.1) is 6.92 Å². The zero-order chi connectivity index (χ0) is 9.14. The Balaban J connectivity index is 3.10. The van der Waals surface area contributed by atoms with E-state index in [9.17, 15) is 4.39 Å². The Morgan fingerprint density at radius 1 is 1.33 bits per heavy atom. The zero-order valence-electron chi connectivity index (χ0n) is 6.40. The summed E-state index contributed by atoms with van der Waals surface area (Å²) in [6.45, 7) is 1.13. The topological polar surface area (TPSA) is 9.23 Å². The van der Waals surface area contributed by atoms with Crippen molar-refractivity contribution in [3.8, 4) is 5.75 Å². The maximum atomic E-state index is 11.9. The fourth-order valence-electron chi connectivity index (χ4n) is 0.879. The van der Waals surface area contributed by atoms with Crippen molar-refractivity contribution in [1.29, 1.82) is 0 Å². The van der Waals surface area contributed by atoms with Gasteiger partial charge in [-0.1, -0.05) is 0 Å². The summed E-state index contributed by atoms with van der Waals surface area (Å²) in [6, 6.07) is 3.74. The maximum Gasteiger partial charge on any atom is 0.228 e. The summed E-state index contributed by atoms with van der Waals surface area (Å²) < 4.78 is 18.2. The molecule has 0 unspecified atom stereocenters. The molecule has 0 aliphatic heterocycles. The quantitative estimate of drug-likeness (QED) is 0.806. The predicted molar refractivity (Wildman–Crippen MR) is 53.2 cm³/mol. The van der Waals surface area contributed by atoms with E-state index in [4.69, 9.17) is 4.74 Å². The third kappa shape index (κ3) is 2.20. The van der Waals surface area contributed by atoms with Gasteiger partial charge in [-0.3, -0.25) is 0 Å². The molecule has 0 atom stereocenters. The molecule has 1 nitrogen and oxygen atoms in total. The number of benzene rings is 1. The van der Waals surface area contributed by atoms with Gasteiger partial charge in [-0.15, -0.1) is 0 Å². The zero-order valence-corrected chi connectivity index (χ0v) is 9.58. The van der Waals surface area contributed by atoms with Gasteiger partial charge in [0.15, 0.2) is 5.75 Å². The maximum absolute atomic E-state index is 11.9. The number of aryl methyl sites for hydroxylation is 1. The van der Waals surface area contributed by atoms with E-state index < -0.39 is 6.86 Å². The first-order valence-corrected chi connectivity index (χ1v) is 4.88. The molecule has 0 saturated heterocycles. The monoisotopic (exact) mass is 296 g/mol. The van der Waals surface area contributed by atoms with Crippen molar-refractivity contribution in [3.05, 3.63) is 26.6 Å². The number of ether oxygens (including phenoxy) is 1. The highest BCUT2D eigenvalue weighted by atomic mass is 79.9. The molecule has 0 aromatic heterocycles. The summed E-state index contributed by atoms with van der Waals surface area (Å²) in [5.41, 5.74) is 1.08. The van der Waals surface area contributed by atoms with Crippen LogP contribution in [0.3, 0.4) is 0 Å². The van der Waals surface area contributed by atoms with Crippen LogP contribution in [-0.4, -0.2) is 6.86 Å². The summed E-state index contributed by atoms with van der Waals surface area (Å²) in [5, 5.41) is 0. The van der Waals surface area contributed by atoms with E-state index in [0.717, 1.165) is 14.5 Å². The van der Waals surface area contributed by atoms with E-state index in [-0.39, 0.29) is 0 Å². The molecule has 0 aliphatic carbocycles. The Bertz CT molecular complexity index is 265.